The molecule has 5 nitrogen and oxygen atoms in total. The molecule has 0 spiro atoms. The second kappa shape index (κ2) is 5.21. The van der Waals surface area contributed by atoms with E-state index in [1.54, 1.807) is 6.92 Å². The Labute approximate surface area is 106 Å². The lowest BCUT2D eigenvalue weighted by Crippen LogP contribution is -2.48. The topological polar surface area (TPSA) is 61.4 Å². The normalized spacial score (nSPS) is 17.7. The smallest absolute Gasteiger partial charge is 0.301 e. The summed E-state index contributed by atoms with van der Waals surface area (Å²) in [5, 5.41) is 3.08. The summed E-state index contributed by atoms with van der Waals surface area (Å²) in [5.41, 5.74) is 0.794. The number of nitrogens with one attached hydrogen (secondary N) is 2. The molecular weight excluding hydrogens is 257 g/mol. The number of anilines is 1. The summed E-state index contributed by atoms with van der Waals surface area (Å²) in [6.07, 6.45) is 0. The van der Waals surface area contributed by atoms with Gasteiger partial charge in [0, 0.05) is 26.2 Å². The van der Waals surface area contributed by atoms with E-state index in [1.165, 1.54) is 22.5 Å². The zero-order valence-electron chi connectivity index (χ0n) is 10.1. The summed E-state index contributed by atoms with van der Waals surface area (Å²) >= 11 is 0. The Morgan fingerprint density at radius 2 is 2.00 bits per heavy atom. The van der Waals surface area contributed by atoms with Crippen molar-refractivity contribution >= 4 is 15.9 Å². The first-order chi connectivity index (χ1) is 8.49. The maximum atomic E-state index is 13.1. The standard InChI is InChI=1S/C11H16FN3O2S/c1-9-8-10(2-3-11(9)12)14-18(16,17)15-6-4-13-5-7-15/h2-3,8,13-14H,4-7H2,1H3. The molecule has 0 radical (unpaired) electrons. The molecule has 1 aromatic rings. The van der Waals surface area contributed by atoms with Gasteiger partial charge in [-0.2, -0.15) is 12.7 Å². The Hall–Kier alpha value is -1.18. The van der Waals surface area contributed by atoms with Gasteiger partial charge in [0.05, 0.1) is 5.69 Å². The summed E-state index contributed by atoms with van der Waals surface area (Å²) in [5.74, 6) is -0.347. The van der Waals surface area contributed by atoms with Crippen molar-refractivity contribution in [2.75, 3.05) is 30.9 Å². The number of aryl methyl sites for hydroxylation is 1. The number of hydrogen-bond acceptors (Lipinski definition) is 3. The van der Waals surface area contributed by atoms with E-state index < -0.39 is 10.2 Å². The van der Waals surface area contributed by atoms with Crippen LogP contribution in [-0.4, -0.2) is 38.9 Å². The third-order valence-electron chi connectivity index (χ3n) is 2.82. The van der Waals surface area contributed by atoms with Crippen LogP contribution in [0.2, 0.25) is 0 Å². The minimum absolute atomic E-state index is 0.347. The number of halogens is 1. The molecule has 18 heavy (non-hydrogen) atoms. The van der Waals surface area contributed by atoms with E-state index in [0.29, 0.717) is 37.4 Å². The Balaban J connectivity index is 2.13. The molecule has 0 atom stereocenters. The van der Waals surface area contributed by atoms with Gasteiger partial charge in [-0.25, -0.2) is 4.39 Å². The van der Waals surface area contributed by atoms with Crippen molar-refractivity contribution in [3.63, 3.8) is 0 Å². The molecule has 7 heteroatoms. The molecule has 0 saturated carbocycles. The summed E-state index contributed by atoms with van der Waals surface area (Å²) in [4.78, 5) is 0. The molecule has 1 aliphatic heterocycles. The lowest BCUT2D eigenvalue weighted by molar-refractivity contribution is 0.362. The van der Waals surface area contributed by atoms with Gasteiger partial charge in [-0.1, -0.05) is 0 Å². The molecule has 2 rings (SSSR count). The maximum absolute atomic E-state index is 13.1. The fraction of sp³-hybridized carbons (Fsp3) is 0.455. The first-order valence-corrected chi connectivity index (χ1v) is 7.18. The van der Waals surface area contributed by atoms with Crippen LogP contribution in [0, 0.1) is 12.7 Å². The number of benzene rings is 1. The van der Waals surface area contributed by atoms with Crippen LogP contribution in [-0.2, 0) is 10.2 Å². The molecule has 2 N–H and O–H groups in total. The van der Waals surface area contributed by atoms with E-state index in [1.807, 2.05) is 0 Å². The third-order valence-corrected chi connectivity index (χ3v) is 4.36. The van der Waals surface area contributed by atoms with Crippen molar-refractivity contribution in [2.24, 2.45) is 0 Å². The minimum atomic E-state index is -3.55. The average molecular weight is 273 g/mol. The van der Waals surface area contributed by atoms with Crippen LogP contribution < -0.4 is 10.0 Å². The Kier molecular flexibility index (Phi) is 3.84. The second-order valence-electron chi connectivity index (χ2n) is 4.22. The summed E-state index contributed by atoms with van der Waals surface area (Å²) < 4.78 is 41.0. The maximum Gasteiger partial charge on any atom is 0.301 e. The molecule has 0 unspecified atom stereocenters. The second-order valence-corrected chi connectivity index (χ2v) is 5.89. The summed E-state index contributed by atoms with van der Waals surface area (Å²) in [7, 11) is -3.55. The van der Waals surface area contributed by atoms with Crippen LogP contribution in [0.4, 0.5) is 10.1 Å². The zero-order chi connectivity index (χ0) is 13.2. The molecular formula is C11H16FN3O2S. The minimum Gasteiger partial charge on any atom is -0.314 e. The molecule has 1 aromatic carbocycles. The predicted molar refractivity (Wildman–Crippen MR) is 68.1 cm³/mol. The van der Waals surface area contributed by atoms with Gasteiger partial charge in [0.2, 0.25) is 0 Å². The average Bonchev–Trinajstić information content (AvgIpc) is 2.35. The van der Waals surface area contributed by atoms with E-state index >= 15 is 0 Å². The largest absolute Gasteiger partial charge is 0.314 e. The van der Waals surface area contributed by atoms with Gasteiger partial charge in [-0.05, 0) is 30.7 Å². The highest BCUT2D eigenvalue weighted by Gasteiger charge is 2.23. The zero-order valence-corrected chi connectivity index (χ0v) is 10.9. The van der Waals surface area contributed by atoms with E-state index in [9.17, 15) is 12.8 Å². The van der Waals surface area contributed by atoms with Gasteiger partial charge in [-0.3, -0.25) is 4.72 Å². The third kappa shape index (κ3) is 2.98. The molecule has 0 aromatic heterocycles. The number of nitrogens with zero attached hydrogens (tertiary/aromatic N) is 1. The molecule has 1 heterocycles. The Morgan fingerprint density at radius 1 is 1.33 bits per heavy atom. The van der Waals surface area contributed by atoms with Gasteiger partial charge < -0.3 is 5.32 Å². The summed E-state index contributed by atoms with van der Waals surface area (Å²) in [6.45, 7) is 3.76. The van der Waals surface area contributed by atoms with Crippen LogP contribution in [0.1, 0.15) is 5.56 Å². The van der Waals surface area contributed by atoms with Gasteiger partial charge in [0.1, 0.15) is 5.82 Å². The molecule has 1 saturated heterocycles. The van der Waals surface area contributed by atoms with Gasteiger partial charge >= 0.3 is 10.2 Å². The number of hydrogen-bond donors (Lipinski definition) is 2. The molecule has 0 aliphatic carbocycles. The first kappa shape index (κ1) is 13.3. The van der Waals surface area contributed by atoms with Crippen molar-refractivity contribution in [3.8, 4) is 0 Å². The van der Waals surface area contributed by atoms with Crippen LogP contribution in [0.5, 0.6) is 0 Å². The van der Waals surface area contributed by atoms with Gasteiger partial charge in [-0.15, -0.1) is 0 Å². The number of piperazine rings is 1. The monoisotopic (exact) mass is 273 g/mol. The highest BCUT2D eigenvalue weighted by atomic mass is 32.2. The fourth-order valence-electron chi connectivity index (χ4n) is 1.81. The molecule has 100 valence electrons. The molecule has 1 aliphatic rings. The highest BCUT2D eigenvalue weighted by molar-refractivity contribution is 7.90. The van der Waals surface area contributed by atoms with E-state index in [4.69, 9.17) is 0 Å². The van der Waals surface area contributed by atoms with E-state index in [0.717, 1.165) is 0 Å². The molecule has 0 bridgehead atoms. The first-order valence-electron chi connectivity index (χ1n) is 5.74. The van der Waals surface area contributed by atoms with Crippen LogP contribution >= 0.6 is 0 Å². The van der Waals surface area contributed by atoms with Crippen molar-refractivity contribution in [3.05, 3.63) is 29.6 Å². The quantitative estimate of drug-likeness (QED) is 0.852. The SMILES string of the molecule is Cc1cc(NS(=O)(=O)N2CCNCC2)ccc1F. The van der Waals surface area contributed by atoms with Crippen molar-refractivity contribution in [1.29, 1.82) is 0 Å². The van der Waals surface area contributed by atoms with E-state index in [-0.39, 0.29) is 5.82 Å². The van der Waals surface area contributed by atoms with Crippen molar-refractivity contribution < 1.29 is 12.8 Å². The van der Waals surface area contributed by atoms with Crippen molar-refractivity contribution in [2.45, 2.75) is 6.92 Å². The number of rotatable bonds is 3. The lowest BCUT2D eigenvalue weighted by Gasteiger charge is -2.26. The fourth-order valence-corrected chi connectivity index (χ4v) is 3.02. The van der Waals surface area contributed by atoms with Gasteiger partial charge in [0.25, 0.3) is 0 Å². The van der Waals surface area contributed by atoms with E-state index in [2.05, 4.69) is 10.0 Å². The molecule has 1 fully saturated rings. The summed E-state index contributed by atoms with van der Waals surface area (Å²) in [6, 6.07) is 4.15. The van der Waals surface area contributed by atoms with Crippen molar-refractivity contribution in [1.82, 2.24) is 9.62 Å². The highest BCUT2D eigenvalue weighted by Crippen LogP contribution is 2.16. The Morgan fingerprint density at radius 3 is 2.61 bits per heavy atom. The van der Waals surface area contributed by atoms with Crippen LogP contribution in [0.25, 0.3) is 0 Å². The predicted octanol–water partition coefficient (Wildman–Crippen LogP) is 0.696. The lowest BCUT2D eigenvalue weighted by atomic mass is 10.2. The van der Waals surface area contributed by atoms with Gasteiger partial charge in [0.15, 0.2) is 0 Å². The molecule has 0 amide bonds. The van der Waals surface area contributed by atoms with Crippen LogP contribution in [0.3, 0.4) is 0 Å². The Bertz CT molecular complexity index is 527. The van der Waals surface area contributed by atoms with Crippen LogP contribution in [0.15, 0.2) is 18.2 Å².